The molecule has 2 aromatic rings. The predicted molar refractivity (Wildman–Crippen MR) is 72.6 cm³/mol. The first-order valence-corrected chi connectivity index (χ1v) is 7.00. The Balaban J connectivity index is 1.83. The number of anilines is 1. The van der Waals surface area contributed by atoms with E-state index in [9.17, 15) is 14.4 Å². The summed E-state index contributed by atoms with van der Waals surface area (Å²) in [6.07, 6.45) is 0.577. The van der Waals surface area contributed by atoms with Gasteiger partial charge in [0, 0.05) is 6.42 Å². The molecule has 0 saturated carbocycles. The number of carbonyl (C=O) groups is 3. The van der Waals surface area contributed by atoms with Crippen LogP contribution in [0.15, 0.2) is 18.2 Å². The van der Waals surface area contributed by atoms with Crippen LogP contribution in [-0.2, 0) is 9.59 Å². The average molecular weight is 287 g/mol. The van der Waals surface area contributed by atoms with Gasteiger partial charge in [0.25, 0.3) is 5.91 Å². The van der Waals surface area contributed by atoms with Gasteiger partial charge in [-0.25, -0.2) is 0 Å². The first kappa shape index (κ1) is 11.5. The lowest BCUT2D eigenvalue weighted by atomic mass is 10.0. The maximum absolute atomic E-state index is 12.5. The second-order valence-electron chi connectivity index (χ2n) is 4.83. The van der Waals surface area contributed by atoms with Gasteiger partial charge in [0.15, 0.2) is 5.82 Å². The van der Waals surface area contributed by atoms with E-state index >= 15 is 0 Å². The lowest BCUT2D eigenvalue weighted by molar-refractivity contribution is -0.134. The van der Waals surface area contributed by atoms with Crippen molar-refractivity contribution in [1.82, 2.24) is 9.69 Å². The van der Waals surface area contributed by atoms with Crippen LogP contribution in [-0.4, -0.2) is 28.1 Å². The first-order valence-electron chi connectivity index (χ1n) is 6.22. The molecule has 1 saturated heterocycles. The third-order valence-corrected chi connectivity index (χ3v) is 4.48. The number of imide groups is 1. The molecule has 4 rings (SSSR count). The van der Waals surface area contributed by atoms with Crippen molar-refractivity contribution in [2.45, 2.75) is 18.9 Å². The Kier molecular flexibility index (Phi) is 2.23. The maximum atomic E-state index is 12.5. The summed E-state index contributed by atoms with van der Waals surface area (Å²) >= 11 is 1.31. The predicted octanol–water partition coefficient (Wildman–Crippen LogP) is 1.06. The average Bonchev–Trinajstić information content (AvgIpc) is 2.96. The first-order chi connectivity index (χ1) is 9.66. The Morgan fingerprint density at radius 2 is 2.15 bits per heavy atom. The van der Waals surface area contributed by atoms with Crippen molar-refractivity contribution in [1.29, 1.82) is 0 Å². The number of benzene rings is 1. The van der Waals surface area contributed by atoms with E-state index in [-0.39, 0.29) is 18.2 Å². The van der Waals surface area contributed by atoms with Crippen molar-refractivity contribution < 1.29 is 14.4 Å². The molecule has 2 aliphatic heterocycles. The molecule has 3 heterocycles. The summed E-state index contributed by atoms with van der Waals surface area (Å²) in [4.78, 5) is 37.1. The normalized spacial score (nSPS) is 21.7. The minimum atomic E-state index is -0.655. The zero-order valence-corrected chi connectivity index (χ0v) is 11.1. The Bertz CT molecular complexity index is 782. The molecule has 7 heteroatoms. The van der Waals surface area contributed by atoms with Crippen molar-refractivity contribution in [2.24, 2.45) is 0 Å². The van der Waals surface area contributed by atoms with Crippen molar-refractivity contribution in [3.05, 3.63) is 23.8 Å². The smallest absolute Gasteiger partial charge is 0.261 e. The zero-order valence-electron chi connectivity index (χ0n) is 10.3. The quantitative estimate of drug-likeness (QED) is 0.795. The number of hydrogen-bond acceptors (Lipinski definition) is 5. The van der Waals surface area contributed by atoms with Crippen molar-refractivity contribution in [2.75, 3.05) is 4.90 Å². The Morgan fingerprint density at radius 1 is 1.30 bits per heavy atom. The lowest BCUT2D eigenvalue weighted by Gasteiger charge is -2.28. The van der Waals surface area contributed by atoms with E-state index in [1.54, 1.807) is 6.07 Å². The topological polar surface area (TPSA) is 79.4 Å². The Hall–Kier alpha value is -2.28. The molecular formula is C13H9N3O3S. The summed E-state index contributed by atoms with van der Waals surface area (Å²) in [6.45, 7) is 0. The van der Waals surface area contributed by atoms with Crippen molar-refractivity contribution >= 4 is 45.2 Å². The molecule has 1 atom stereocenters. The highest BCUT2D eigenvalue weighted by Gasteiger charge is 2.42. The fourth-order valence-corrected chi connectivity index (χ4v) is 3.56. The van der Waals surface area contributed by atoms with Gasteiger partial charge < -0.3 is 0 Å². The summed E-state index contributed by atoms with van der Waals surface area (Å²) in [7, 11) is 0. The standard InChI is InChI=1S/C13H9N3O3S/c17-9-5-4-7(12(18)14-9)16-11-10-6(13(16)19)2-1-3-8(10)20-15-11/h1-3,7H,4-5H2,(H,14,17,18). The molecule has 1 aromatic carbocycles. The monoisotopic (exact) mass is 287 g/mol. The zero-order chi connectivity index (χ0) is 13.9. The molecule has 2 aliphatic rings. The lowest BCUT2D eigenvalue weighted by Crippen LogP contribution is -2.53. The maximum Gasteiger partial charge on any atom is 0.261 e. The number of amides is 3. The van der Waals surface area contributed by atoms with Gasteiger partial charge in [-0.1, -0.05) is 6.07 Å². The van der Waals surface area contributed by atoms with Gasteiger partial charge in [-0.05, 0) is 30.1 Å². The molecule has 0 spiro atoms. The van der Waals surface area contributed by atoms with E-state index in [4.69, 9.17) is 0 Å². The van der Waals surface area contributed by atoms with Crippen molar-refractivity contribution in [3.8, 4) is 0 Å². The SMILES string of the molecule is O=C1CCC(N2C(=O)c3cccc4snc2c34)C(=O)N1. The van der Waals surface area contributed by atoms with Gasteiger partial charge in [-0.3, -0.25) is 24.6 Å². The number of nitrogens with zero attached hydrogens (tertiary/aromatic N) is 2. The van der Waals surface area contributed by atoms with Crippen LogP contribution in [0, 0.1) is 0 Å². The van der Waals surface area contributed by atoms with E-state index in [1.165, 1.54) is 16.4 Å². The van der Waals surface area contributed by atoms with E-state index in [1.807, 2.05) is 12.1 Å². The Labute approximate surface area is 117 Å². The van der Waals surface area contributed by atoms with Crippen LogP contribution < -0.4 is 10.2 Å². The minimum Gasteiger partial charge on any atom is -0.295 e. The van der Waals surface area contributed by atoms with Gasteiger partial charge >= 0.3 is 0 Å². The highest BCUT2D eigenvalue weighted by Crippen LogP contribution is 2.40. The van der Waals surface area contributed by atoms with Crippen LogP contribution in [0.4, 0.5) is 5.82 Å². The fourth-order valence-electron chi connectivity index (χ4n) is 2.76. The molecule has 3 amide bonds. The van der Waals surface area contributed by atoms with E-state index in [0.717, 1.165) is 10.1 Å². The number of carbonyl (C=O) groups excluding carboxylic acids is 3. The van der Waals surface area contributed by atoms with Crippen LogP contribution in [0.2, 0.25) is 0 Å². The van der Waals surface area contributed by atoms with Gasteiger partial charge in [0.1, 0.15) is 6.04 Å². The summed E-state index contributed by atoms with van der Waals surface area (Å²) in [5, 5.41) is 3.09. The third-order valence-electron chi connectivity index (χ3n) is 3.68. The molecule has 1 aromatic heterocycles. The Morgan fingerprint density at radius 3 is 2.95 bits per heavy atom. The van der Waals surface area contributed by atoms with Crippen LogP contribution in [0.3, 0.4) is 0 Å². The number of aromatic nitrogens is 1. The van der Waals surface area contributed by atoms with E-state index in [2.05, 4.69) is 9.69 Å². The molecule has 0 radical (unpaired) electrons. The number of piperidine rings is 1. The summed E-state index contributed by atoms with van der Waals surface area (Å²) in [5.41, 5.74) is 0.580. The third kappa shape index (κ3) is 1.38. The minimum absolute atomic E-state index is 0.213. The van der Waals surface area contributed by atoms with Crippen molar-refractivity contribution in [3.63, 3.8) is 0 Å². The van der Waals surface area contributed by atoms with Gasteiger partial charge in [0.2, 0.25) is 11.8 Å². The number of nitrogens with one attached hydrogen (secondary N) is 1. The van der Waals surface area contributed by atoms with E-state index in [0.29, 0.717) is 17.8 Å². The summed E-state index contributed by atoms with van der Waals surface area (Å²) in [6, 6.07) is 4.80. The molecule has 1 N–H and O–H groups in total. The molecular weight excluding hydrogens is 278 g/mol. The molecule has 1 unspecified atom stereocenters. The van der Waals surface area contributed by atoms with Crippen LogP contribution in [0.5, 0.6) is 0 Å². The van der Waals surface area contributed by atoms with Crippen LogP contribution in [0.25, 0.3) is 10.1 Å². The second-order valence-corrected chi connectivity index (χ2v) is 5.63. The molecule has 6 nitrogen and oxygen atoms in total. The molecule has 100 valence electrons. The van der Waals surface area contributed by atoms with Gasteiger partial charge in [-0.2, -0.15) is 4.37 Å². The number of rotatable bonds is 1. The molecule has 20 heavy (non-hydrogen) atoms. The highest BCUT2D eigenvalue weighted by atomic mass is 32.1. The van der Waals surface area contributed by atoms with Gasteiger partial charge in [0.05, 0.1) is 15.6 Å². The molecule has 0 aliphatic carbocycles. The highest BCUT2D eigenvalue weighted by molar-refractivity contribution is 7.14. The fraction of sp³-hybridized carbons (Fsp3) is 0.231. The van der Waals surface area contributed by atoms with Crippen LogP contribution >= 0.6 is 11.5 Å². The largest absolute Gasteiger partial charge is 0.295 e. The summed E-state index contributed by atoms with van der Waals surface area (Å²) in [5.74, 6) is -0.391. The summed E-state index contributed by atoms with van der Waals surface area (Å²) < 4.78 is 5.24. The molecule has 0 bridgehead atoms. The van der Waals surface area contributed by atoms with Gasteiger partial charge in [-0.15, -0.1) is 0 Å². The van der Waals surface area contributed by atoms with E-state index < -0.39 is 11.9 Å². The molecule has 1 fully saturated rings. The number of hydrogen-bond donors (Lipinski definition) is 1. The second kappa shape index (κ2) is 3.86. The van der Waals surface area contributed by atoms with Crippen LogP contribution in [0.1, 0.15) is 23.2 Å².